The van der Waals surface area contributed by atoms with E-state index in [0.29, 0.717) is 6.54 Å². The van der Waals surface area contributed by atoms with Crippen LogP contribution in [-0.4, -0.2) is 31.2 Å². The van der Waals surface area contributed by atoms with Gasteiger partial charge in [0.15, 0.2) is 10.8 Å². The van der Waals surface area contributed by atoms with Gasteiger partial charge in [0, 0.05) is 11.3 Å². The molecule has 0 saturated carbocycles. The first-order valence-corrected chi connectivity index (χ1v) is 11.6. The van der Waals surface area contributed by atoms with Crippen molar-refractivity contribution in [3.63, 3.8) is 0 Å². The number of thioether (sulfide) groups is 1. The summed E-state index contributed by atoms with van der Waals surface area (Å²) < 4.78 is 7.28. The minimum atomic E-state index is -0.0665. The van der Waals surface area contributed by atoms with Crippen molar-refractivity contribution in [2.45, 2.75) is 50.7 Å². The summed E-state index contributed by atoms with van der Waals surface area (Å²) in [5.74, 6) is 1.88. The fourth-order valence-electron chi connectivity index (χ4n) is 3.80. The number of carbonyl (C=O) groups is 1. The van der Waals surface area contributed by atoms with Gasteiger partial charge < -0.3 is 9.73 Å². The number of hydrogen-bond acceptors (Lipinski definition) is 7. The zero-order chi connectivity index (χ0) is 19.8. The molecule has 150 valence electrons. The highest BCUT2D eigenvalue weighted by atomic mass is 32.2. The summed E-state index contributed by atoms with van der Waals surface area (Å²) >= 11 is 3.19. The number of carbonyl (C=O) groups excluding carboxylic acids is 1. The third-order valence-corrected chi connectivity index (χ3v) is 7.30. The van der Waals surface area contributed by atoms with Crippen molar-refractivity contribution in [1.82, 2.24) is 24.9 Å². The molecule has 1 N–H and O–H groups in total. The maximum Gasteiger partial charge on any atom is 0.230 e. The zero-order valence-electron chi connectivity index (χ0n) is 16.1. The average Bonchev–Trinajstić information content (AvgIpc) is 3.47. The zero-order valence-corrected chi connectivity index (χ0v) is 17.7. The van der Waals surface area contributed by atoms with E-state index >= 15 is 0 Å². The highest BCUT2D eigenvalue weighted by Gasteiger charge is 2.23. The number of hydrogen-bond donors (Lipinski definition) is 1. The molecule has 0 unspecified atom stereocenters. The van der Waals surface area contributed by atoms with Gasteiger partial charge in [-0.15, -0.1) is 21.5 Å². The molecule has 0 bridgehead atoms. The first-order chi connectivity index (χ1) is 14.2. The van der Waals surface area contributed by atoms with Gasteiger partial charge in [-0.1, -0.05) is 18.7 Å². The molecule has 1 aliphatic carbocycles. The summed E-state index contributed by atoms with van der Waals surface area (Å²) in [5, 5.41) is 13.7. The molecule has 0 radical (unpaired) electrons. The van der Waals surface area contributed by atoms with Crippen molar-refractivity contribution < 1.29 is 9.21 Å². The van der Waals surface area contributed by atoms with E-state index in [9.17, 15) is 4.79 Å². The molecule has 5 rings (SSSR count). The van der Waals surface area contributed by atoms with Crippen LogP contribution in [0.4, 0.5) is 0 Å². The van der Waals surface area contributed by atoms with Crippen LogP contribution in [-0.2, 0) is 30.6 Å². The van der Waals surface area contributed by atoms with E-state index in [1.807, 2.05) is 16.5 Å². The van der Waals surface area contributed by atoms with Crippen molar-refractivity contribution in [1.29, 1.82) is 0 Å². The van der Waals surface area contributed by atoms with Crippen molar-refractivity contribution in [2.75, 3.05) is 5.75 Å². The normalized spacial score (nSPS) is 13.8. The molecule has 0 atom stereocenters. The van der Waals surface area contributed by atoms with Gasteiger partial charge in [-0.2, -0.15) is 0 Å². The fraction of sp³-hybridized carbons (Fsp3) is 0.400. The van der Waals surface area contributed by atoms with Gasteiger partial charge in [0.05, 0.1) is 23.9 Å². The molecule has 0 fully saturated rings. The molecular formula is C20H21N5O2S2. The molecule has 4 aromatic rings. The summed E-state index contributed by atoms with van der Waals surface area (Å²) in [6, 6.07) is 3.65. The Kier molecular flexibility index (Phi) is 5.01. The standard InChI is InChI=1S/C20H21N5O2S2/c1-2-15-22-19-17(13-7-3-4-8-14(13)29-19)18-23-24-20(25(15)18)28-11-16(26)21-10-12-6-5-9-27-12/h5-6,9H,2-4,7-8,10-11H2,1H3,(H,21,26). The van der Waals surface area contributed by atoms with Gasteiger partial charge in [-0.25, -0.2) is 4.98 Å². The number of rotatable bonds is 6. The number of nitrogens with zero attached hydrogens (tertiary/aromatic N) is 4. The summed E-state index contributed by atoms with van der Waals surface area (Å²) in [6.07, 6.45) is 7.06. The van der Waals surface area contributed by atoms with Gasteiger partial charge in [-0.3, -0.25) is 9.20 Å². The summed E-state index contributed by atoms with van der Waals surface area (Å²) in [7, 11) is 0. The van der Waals surface area contributed by atoms with Crippen LogP contribution in [0.3, 0.4) is 0 Å². The van der Waals surface area contributed by atoms with E-state index < -0.39 is 0 Å². The minimum Gasteiger partial charge on any atom is -0.467 e. The lowest BCUT2D eigenvalue weighted by Crippen LogP contribution is -2.24. The predicted molar refractivity (Wildman–Crippen MR) is 113 cm³/mol. The average molecular weight is 428 g/mol. The summed E-state index contributed by atoms with van der Waals surface area (Å²) in [4.78, 5) is 19.7. The van der Waals surface area contributed by atoms with Crippen LogP contribution in [0.15, 0.2) is 28.0 Å². The van der Waals surface area contributed by atoms with E-state index in [0.717, 1.165) is 51.9 Å². The number of aromatic nitrogens is 4. The predicted octanol–water partition coefficient (Wildman–Crippen LogP) is 3.78. The van der Waals surface area contributed by atoms with Crippen molar-refractivity contribution >= 4 is 44.9 Å². The van der Waals surface area contributed by atoms with Crippen LogP contribution < -0.4 is 5.32 Å². The van der Waals surface area contributed by atoms with Crippen LogP contribution in [0, 0.1) is 0 Å². The van der Waals surface area contributed by atoms with E-state index in [1.165, 1.54) is 35.0 Å². The van der Waals surface area contributed by atoms with Crippen molar-refractivity contribution in [3.05, 3.63) is 40.4 Å². The van der Waals surface area contributed by atoms with Gasteiger partial charge in [0.25, 0.3) is 0 Å². The molecule has 0 spiro atoms. The van der Waals surface area contributed by atoms with E-state index in [4.69, 9.17) is 9.40 Å². The van der Waals surface area contributed by atoms with Gasteiger partial charge >= 0.3 is 0 Å². The second-order valence-corrected chi connectivity index (χ2v) is 9.09. The third-order valence-electron chi connectivity index (χ3n) is 5.19. The number of furan rings is 1. The number of fused-ring (bicyclic) bond motifs is 5. The van der Waals surface area contributed by atoms with Gasteiger partial charge in [0.2, 0.25) is 5.91 Å². The van der Waals surface area contributed by atoms with E-state index in [1.54, 1.807) is 17.6 Å². The molecule has 4 aromatic heterocycles. The number of aryl methyl sites for hydroxylation is 3. The van der Waals surface area contributed by atoms with Crippen LogP contribution >= 0.6 is 23.1 Å². The molecule has 0 aromatic carbocycles. The number of nitrogens with one attached hydrogen (secondary N) is 1. The molecule has 29 heavy (non-hydrogen) atoms. The Hall–Kier alpha value is -2.39. The molecular weight excluding hydrogens is 406 g/mol. The summed E-state index contributed by atoms with van der Waals surface area (Å²) in [5.41, 5.74) is 2.28. The Bertz CT molecular complexity index is 1180. The minimum absolute atomic E-state index is 0.0665. The maximum absolute atomic E-state index is 12.2. The molecule has 4 heterocycles. The molecule has 9 heteroatoms. The Morgan fingerprint density at radius 1 is 1.34 bits per heavy atom. The Morgan fingerprint density at radius 3 is 3.07 bits per heavy atom. The van der Waals surface area contributed by atoms with E-state index in [2.05, 4.69) is 22.4 Å². The van der Waals surface area contributed by atoms with Gasteiger partial charge in [-0.05, 0) is 43.4 Å². The largest absolute Gasteiger partial charge is 0.467 e. The Labute approximate surface area is 175 Å². The fourth-order valence-corrected chi connectivity index (χ4v) is 5.86. The highest BCUT2D eigenvalue weighted by Crippen LogP contribution is 2.38. The van der Waals surface area contributed by atoms with Crippen LogP contribution in [0.5, 0.6) is 0 Å². The SMILES string of the molecule is CCc1nc2sc3c(c2c2nnc(SCC(=O)NCc4ccco4)n12)CCCC3. The Balaban J connectivity index is 1.43. The summed E-state index contributed by atoms with van der Waals surface area (Å²) in [6.45, 7) is 2.47. The van der Waals surface area contributed by atoms with Crippen molar-refractivity contribution in [2.24, 2.45) is 0 Å². The molecule has 0 saturated heterocycles. The molecule has 1 amide bonds. The second kappa shape index (κ2) is 7.79. The number of amides is 1. The van der Waals surface area contributed by atoms with Crippen LogP contribution in [0.2, 0.25) is 0 Å². The van der Waals surface area contributed by atoms with Crippen molar-refractivity contribution in [3.8, 4) is 0 Å². The van der Waals surface area contributed by atoms with Crippen LogP contribution in [0.25, 0.3) is 15.9 Å². The third kappa shape index (κ3) is 3.42. The first kappa shape index (κ1) is 18.6. The lowest BCUT2D eigenvalue weighted by Gasteiger charge is -2.11. The maximum atomic E-state index is 12.2. The van der Waals surface area contributed by atoms with E-state index in [-0.39, 0.29) is 11.7 Å². The van der Waals surface area contributed by atoms with Crippen LogP contribution in [0.1, 0.15) is 41.8 Å². The second-order valence-electron chi connectivity index (χ2n) is 7.06. The highest BCUT2D eigenvalue weighted by molar-refractivity contribution is 7.99. The lowest BCUT2D eigenvalue weighted by molar-refractivity contribution is -0.118. The quantitative estimate of drug-likeness (QED) is 0.471. The Morgan fingerprint density at radius 2 is 2.24 bits per heavy atom. The smallest absolute Gasteiger partial charge is 0.230 e. The number of thiophene rings is 1. The first-order valence-electron chi connectivity index (χ1n) is 9.84. The van der Waals surface area contributed by atoms with Gasteiger partial charge in [0.1, 0.15) is 16.4 Å². The molecule has 1 aliphatic rings. The topological polar surface area (TPSA) is 85.3 Å². The monoisotopic (exact) mass is 427 g/mol. The molecule has 0 aliphatic heterocycles. The molecule has 7 nitrogen and oxygen atoms in total. The lowest BCUT2D eigenvalue weighted by atomic mass is 9.97.